The van der Waals surface area contributed by atoms with Crippen molar-refractivity contribution in [2.24, 2.45) is 5.73 Å². The van der Waals surface area contributed by atoms with Crippen LogP contribution in [0, 0.1) is 0 Å². The maximum atomic E-state index is 12.2. The molecule has 3 rings (SSSR count). The summed E-state index contributed by atoms with van der Waals surface area (Å²) in [6.45, 7) is 6.42. The molecule has 1 aliphatic heterocycles. The van der Waals surface area contributed by atoms with Gasteiger partial charge in [0, 0.05) is 45.2 Å². The predicted octanol–water partition coefficient (Wildman–Crippen LogP) is 3.46. The third kappa shape index (κ3) is 5.85. The van der Waals surface area contributed by atoms with Crippen LogP contribution in [-0.2, 0) is 11.3 Å². The van der Waals surface area contributed by atoms with Gasteiger partial charge in [0.25, 0.3) is 0 Å². The number of amides is 1. The van der Waals surface area contributed by atoms with E-state index in [4.69, 9.17) is 5.73 Å². The number of hydrogen-bond acceptors (Lipinski definition) is 3. The van der Waals surface area contributed by atoms with Crippen molar-refractivity contribution in [2.45, 2.75) is 32.4 Å². The van der Waals surface area contributed by atoms with E-state index in [1.54, 1.807) is 0 Å². The van der Waals surface area contributed by atoms with E-state index >= 15 is 0 Å². The highest BCUT2D eigenvalue weighted by Crippen LogP contribution is 2.20. The van der Waals surface area contributed by atoms with Crippen LogP contribution in [-0.4, -0.2) is 47.9 Å². The van der Waals surface area contributed by atoms with Gasteiger partial charge in [-0.1, -0.05) is 42.5 Å². The highest BCUT2D eigenvalue weighted by atomic mass is 35.5. The molecule has 1 aliphatic rings. The van der Waals surface area contributed by atoms with Gasteiger partial charge in [-0.15, -0.1) is 24.8 Å². The van der Waals surface area contributed by atoms with Gasteiger partial charge in [0.1, 0.15) is 0 Å². The molecule has 1 unspecified atom stereocenters. The molecular weight excluding hydrogens is 369 g/mol. The molecule has 1 atom stereocenters. The molecule has 0 aliphatic carbocycles. The summed E-state index contributed by atoms with van der Waals surface area (Å²) in [6, 6.07) is 15.1. The molecule has 26 heavy (non-hydrogen) atoms. The smallest absolute Gasteiger partial charge is 0.222 e. The summed E-state index contributed by atoms with van der Waals surface area (Å²) in [6.07, 6.45) is 1.34. The number of carbonyl (C=O) groups is 1. The Morgan fingerprint density at radius 1 is 1.04 bits per heavy atom. The normalized spacial score (nSPS) is 15.8. The standard InChI is InChI=1S/C20H27N3O.2ClH/c1-16(21)9-10-20(24)23-13-11-22(12-14-23)15-18-7-4-6-17-5-2-3-8-19(17)18;;/h2-8,16H,9-15,21H2,1H3;2*1H. The van der Waals surface area contributed by atoms with Crippen molar-refractivity contribution in [3.63, 3.8) is 0 Å². The minimum absolute atomic E-state index is 0. The van der Waals surface area contributed by atoms with Gasteiger partial charge in [0.15, 0.2) is 0 Å². The summed E-state index contributed by atoms with van der Waals surface area (Å²) < 4.78 is 0. The summed E-state index contributed by atoms with van der Waals surface area (Å²) in [4.78, 5) is 16.6. The molecule has 0 bridgehead atoms. The Hall–Kier alpha value is -1.33. The molecule has 1 fully saturated rings. The van der Waals surface area contributed by atoms with Gasteiger partial charge in [-0.3, -0.25) is 9.69 Å². The molecule has 0 saturated carbocycles. The summed E-state index contributed by atoms with van der Waals surface area (Å²) >= 11 is 0. The Balaban J connectivity index is 0.00000169. The van der Waals surface area contributed by atoms with Crippen LogP contribution in [0.4, 0.5) is 0 Å². The Kier molecular flexibility index (Phi) is 9.37. The second kappa shape index (κ2) is 10.7. The third-order valence-electron chi connectivity index (χ3n) is 4.81. The predicted molar refractivity (Wildman–Crippen MR) is 113 cm³/mol. The molecule has 0 radical (unpaired) electrons. The Morgan fingerprint density at radius 3 is 2.38 bits per heavy atom. The first-order valence-corrected chi connectivity index (χ1v) is 8.86. The number of rotatable bonds is 5. The van der Waals surface area contributed by atoms with Gasteiger partial charge in [0.2, 0.25) is 5.91 Å². The highest BCUT2D eigenvalue weighted by molar-refractivity contribution is 5.86. The second-order valence-electron chi connectivity index (χ2n) is 6.81. The van der Waals surface area contributed by atoms with Gasteiger partial charge in [-0.25, -0.2) is 0 Å². The Labute approximate surface area is 168 Å². The van der Waals surface area contributed by atoms with Gasteiger partial charge in [-0.05, 0) is 29.7 Å². The molecule has 1 saturated heterocycles. The van der Waals surface area contributed by atoms with Crippen molar-refractivity contribution >= 4 is 41.5 Å². The van der Waals surface area contributed by atoms with Gasteiger partial charge < -0.3 is 10.6 Å². The number of nitrogens with zero attached hydrogens (tertiary/aromatic N) is 2. The van der Waals surface area contributed by atoms with Gasteiger partial charge >= 0.3 is 0 Å². The Morgan fingerprint density at radius 2 is 1.69 bits per heavy atom. The number of nitrogens with two attached hydrogens (primary N) is 1. The van der Waals surface area contributed by atoms with E-state index in [9.17, 15) is 4.79 Å². The third-order valence-corrected chi connectivity index (χ3v) is 4.81. The molecule has 6 heteroatoms. The second-order valence-corrected chi connectivity index (χ2v) is 6.81. The van der Waals surface area contributed by atoms with Crippen LogP contribution in [0.3, 0.4) is 0 Å². The SMILES string of the molecule is CC(N)CCC(=O)N1CCN(Cc2cccc3ccccc23)CC1.Cl.Cl. The first kappa shape index (κ1) is 22.7. The minimum atomic E-state index is 0. The Bertz CT molecular complexity index is 695. The molecule has 1 heterocycles. The van der Waals surface area contributed by atoms with Crippen molar-refractivity contribution < 1.29 is 4.79 Å². The lowest BCUT2D eigenvalue weighted by atomic mass is 10.0. The lowest BCUT2D eigenvalue weighted by Crippen LogP contribution is -2.48. The first-order valence-electron chi connectivity index (χ1n) is 8.86. The molecule has 1 amide bonds. The number of halogens is 2. The van der Waals surface area contributed by atoms with Crippen LogP contribution in [0.5, 0.6) is 0 Å². The van der Waals surface area contributed by atoms with Crippen LogP contribution < -0.4 is 5.73 Å². The van der Waals surface area contributed by atoms with E-state index in [1.165, 1.54) is 16.3 Å². The molecule has 4 nitrogen and oxygen atoms in total. The molecule has 0 spiro atoms. The molecule has 144 valence electrons. The highest BCUT2D eigenvalue weighted by Gasteiger charge is 2.21. The lowest BCUT2D eigenvalue weighted by Gasteiger charge is -2.35. The van der Waals surface area contributed by atoms with Crippen LogP contribution in [0.25, 0.3) is 10.8 Å². The fraction of sp³-hybridized carbons (Fsp3) is 0.450. The van der Waals surface area contributed by atoms with Gasteiger partial charge in [-0.2, -0.15) is 0 Å². The first-order chi connectivity index (χ1) is 11.6. The summed E-state index contributed by atoms with van der Waals surface area (Å²) in [5, 5.41) is 2.62. The zero-order valence-corrected chi connectivity index (χ0v) is 16.9. The minimum Gasteiger partial charge on any atom is -0.340 e. The van der Waals surface area contributed by atoms with E-state index in [0.717, 1.165) is 39.1 Å². The number of benzene rings is 2. The maximum absolute atomic E-state index is 12.2. The summed E-state index contributed by atoms with van der Waals surface area (Å²) in [5.41, 5.74) is 7.11. The van der Waals surface area contributed by atoms with E-state index in [0.29, 0.717) is 6.42 Å². The van der Waals surface area contributed by atoms with Crippen LogP contribution in [0.1, 0.15) is 25.3 Å². The molecule has 2 aromatic rings. The zero-order chi connectivity index (χ0) is 16.9. The summed E-state index contributed by atoms with van der Waals surface area (Å²) in [5.74, 6) is 0.247. The van der Waals surface area contributed by atoms with E-state index < -0.39 is 0 Å². The topological polar surface area (TPSA) is 49.6 Å². The van der Waals surface area contributed by atoms with Crippen molar-refractivity contribution in [2.75, 3.05) is 26.2 Å². The number of piperazine rings is 1. The number of carbonyl (C=O) groups excluding carboxylic acids is 1. The number of fused-ring (bicyclic) bond motifs is 1. The molecule has 2 N–H and O–H groups in total. The van der Waals surface area contributed by atoms with Crippen LogP contribution >= 0.6 is 24.8 Å². The van der Waals surface area contributed by atoms with Crippen molar-refractivity contribution in [3.05, 3.63) is 48.0 Å². The molecule has 0 aromatic heterocycles. The van der Waals surface area contributed by atoms with E-state index in [1.807, 2.05) is 11.8 Å². The number of hydrogen-bond donors (Lipinski definition) is 1. The lowest BCUT2D eigenvalue weighted by molar-refractivity contribution is -0.133. The molecule has 2 aromatic carbocycles. The van der Waals surface area contributed by atoms with Crippen LogP contribution in [0.15, 0.2) is 42.5 Å². The van der Waals surface area contributed by atoms with E-state index in [2.05, 4.69) is 47.4 Å². The van der Waals surface area contributed by atoms with Crippen molar-refractivity contribution in [1.82, 2.24) is 9.80 Å². The average molecular weight is 398 g/mol. The van der Waals surface area contributed by atoms with Gasteiger partial charge in [0.05, 0.1) is 0 Å². The molecular formula is C20H29Cl2N3O. The van der Waals surface area contributed by atoms with Crippen LogP contribution in [0.2, 0.25) is 0 Å². The van der Waals surface area contributed by atoms with E-state index in [-0.39, 0.29) is 36.8 Å². The maximum Gasteiger partial charge on any atom is 0.222 e. The quantitative estimate of drug-likeness (QED) is 0.839. The fourth-order valence-electron chi connectivity index (χ4n) is 3.34. The average Bonchev–Trinajstić information content (AvgIpc) is 2.60. The zero-order valence-electron chi connectivity index (χ0n) is 15.3. The monoisotopic (exact) mass is 397 g/mol. The fourth-order valence-corrected chi connectivity index (χ4v) is 3.34. The van der Waals surface area contributed by atoms with Crippen molar-refractivity contribution in [3.8, 4) is 0 Å². The largest absolute Gasteiger partial charge is 0.340 e. The summed E-state index contributed by atoms with van der Waals surface area (Å²) in [7, 11) is 0. The van der Waals surface area contributed by atoms with Crippen molar-refractivity contribution in [1.29, 1.82) is 0 Å².